The van der Waals surface area contributed by atoms with Crippen LogP contribution >= 0.6 is 11.3 Å². The highest BCUT2D eigenvalue weighted by atomic mass is 32.1. The van der Waals surface area contributed by atoms with Gasteiger partial charge in [0, 0.05) is 28.6 Å². The van der Waals surface area contributed by atoms with E-state index in [1.54, 1.807) is 23.5 Å². The van der Waals surface area contributed by atoms with Gasteiger partial charge >= 0.3 is 0 Å². The number of nitrogens with one attached hydrogen (secondary N) is 1. The van der Waals surface area contributed by atoms with E-state index in [2.05, 4.69) is 48.8 Å². The van der Waals surface area contributed by atoms with Crippen LogP contribution in [0.4, 0.5) is 0 Å². The molecule has 0 fully saturated rings. The van der Waals surface area contributed by atoms with Crippen LogP contribution in [0.15, 0.2) is 84.2 Å². The standard InChI is InChI=1S/C27H26N2O2S/c1-19(2)17-31-24-13-11-22(12-14-24)26(30)28-16-20-7-6-10-23(15-20)27-29-25(18-32-27)21-8-4-3-5-9-21/h3-15,18-19H,16-17H2,1-2H3,(H,28,30). The fourth-order valence-electron chi connectivity index (χ4n) is 3.21. The molecule has 0 spiro atoms. The molecule has 0 saturated carbocycles. The summed E-state index contributed by atoms with van der Waals surface area (Å²) in [5.41, 5.74) is 4.79. The molecule has 1 amide bonds. The summed E-state index contributed by atoms with van der Waals surface area (Å²) in [6.45, 7) is 5.32. The Hall–Kier alpha value is -3.44. The van der Waals surface area contributed by atoms with E-state index in [9.17, 15) is 4.79 Å². The summed E-state index contributed by atoms with van der Waals surface area (Å²) in [6.07, 6.45) is 0. The van der Waals surface area contributed by atoms with Crippen LogP contribution in [0, 0.1) is 5.92 Å². The molecule has 4 nitrogen and oxygen atoms in total. The third-order valence-corrected chi connectivity index (χ3v) is 5.79. The van der Waals surface area contributed by atoms with Gasteiger partial charge in [-0.3, -0.25) is 4.79 Å². The van der Waals surface area contributed by atoms with Crippen molar-refractivity contribution in [2.75, 3.05) is 6.61 Å². The number of rotatable bonds is 8. The van der Waals surface area contributed by atoms with E-state index in [0.29, 0.717) is 24.6 Å². The molecule has 0 unspecified atom stereocenters. The van der Waals surface area contributed by atoms with Crippen LogP contribution in [0.5, 0.6) is 5.75 Å². The van der Waals surface area contributed by atoms with Crippen molar-refractivity contribution in [1.82, 2.24) is 10.3 Å². The van der Waals surface area contributed by atoms with Crippen molar-refractivity contribution in [3.63, 3.8) is 0 Å². The van der Waals surface area contributed by atoms with Crippen molar-refractivity contribution in [2.24, 2.45) is 5.92 Å². The van der Waals surface area contributed by atoms with Crippen molar-refractivity contribution >= 4 is 17.2 Å². The molecule has 1 N–H and O–H groups in total. The van der Waals surface area contributed by atoms with Crippen LogP contribution in [0.1, 0.15) is 29.8 Å². The lowest BCUT2D eigenvalue weighted by Gasteiger charge is -2.10. The highest BCUT2D eigenvalue weighted by Gasteiger charge is 2.09. The lowest BCUT2D eigenvalue weighted by molar-refractivity contribution is 0.0951. The summed E-state index contributed by atoms with van der Waals surface area (Å²) < 4.78 is 5.68. The Morgan fingerprint density at radius 1 is 0.969 bits per heavy atom. The predicted molar refractivity (Wildman–Crippen MR) is 131 cm³/mol. The van der Waals surface area contributed by atoms with Gasteiger partial charge in [0.15, 0.2) is 0 Å². The molecular weight excluding hydrogens is 416 g/mol. The second-order valence-electron chi connectivity index (χ2n) is 8.02. The Bertz CT molecular complexity index is 1170. The lowest BCUT2D eigenvalue weighted by Crippen LogP contribution is -2.22. The maximum absolute atomic E-state index is 12.5. The van der Waals surface area contributed by atoms with Gasteiger partial charge in [-0.15, -0.1) is 11.3 Å². The summed E-state index contributed by atoms with van der Waals surface area (Å²) in [5.74, 6) is 1.13. The monoisotopic (exact) mass is 442 g/mol. The van der Waals surface area contributed by atoms with Gasteiger partial charge in [0.1, 0.15) is 10.8 Å². The van der Waals surface area contributed by atoms with Gasteiger partial charge in [0.05, 0.1) is 12.3 Å². The first kappa shape index (κ1) is 21.8. The number of aromatic nitrogens is 1. The molecule has 0 bridgehead atoms. The molecule has 3 aromatic carbocycles. The maximum Gasteiger partial charge on any atom is 0.251 e. The maximum atomic E-state index is 12.5. The highest BCUT2D eigenvalue weighted by Crippen LogP contribution is 2.29. The molecule has 162 valence electrons. The van der Waals surface area contributed by atoms with Gasteiger partial charge < -0.3 is 10.1 Å². The zero-order chi connectivity index (χ0) is 22.3. The lowest BCUT2D eigenvalue weighted by atomic mass is 10.1. The van der Waals surface area contributed by atoms with Crippen LogP contribution in [-0.2, 0) is 6.54 Å². The molecule has 0 radical (unpaired) electrons. The Morgan fingerprint density at radius 3 is 2.47 bits per heavy atom. The Labute approximate surface area is 192 Å². The quantitative estimate of drug-likeness (QED) is 0.341. The van der Waals surface area contributed by atoms with Crippen LogP contribution in [0.2, 0.25) is 0 Å². The number of carbonyl (C=O) groups is 1. The number of hydrogen-bond donors (Lipinski definition) is 1. The van der Waals surface area contributed by atoms with Gasteiger partial charge in [-0.05, 0) is 41.8 Å². The number of thiazole rings is 1. The van der Waals surface area contributed by atoms with E-state index in [-0.39, 0.29) is 5.91 Å². The number of amides is 1. The van der Waals surface area contributed by atoms with Gasteiger partial charge in [0.2, 0.25) is 0 Å². The Kier molecular flexibility index (Phi) is 6.97. The summed E-state index contributed by atoms with van der Waals surface area (Å²) in [5, 5.41) is 6.04. The molecule has 1 aromatic heterocycles. The van der Waals surface area contributed by atoms with E-state index in [0.717, 1.165) is 33.1 Å². The molecule has 1 heterocycles. The first-order chi connectivity index (χ1) is 15.6. The number of carbonyl (C=O) groups excluding carboxylic acids is 1. The molecule has 4 aromatic rings. The zero-order valence-corrected chi connectivity index (χ0v) is 19.1. The Morgan fingerprint density at radius 2 is 1.72 bits per heavy atom. The van der Waals surface area contributed by atoms with Crippen molar-refractivity contribution in [2.45, 2.75) is 20.4 Å². The molecular formula is C27H26N2O2S. The van der Waals surface area contributed by atoms with E-state index < -0.39 is 0 Å². The van der Waals surface area contributed by atoms with E-state index in [4.69, 9.17) is 9.72 Å². The average molecular weight is 443 g/mol. The highest BCUT2D eigenvalue weighted by molar-refractivity contribution is 7.13. The second kappa shape index (κ2) is 10.2. The van der Waals surface area contributed by atoms with Gasteiger partial charge in [-0.25, -0.2) is 4.98 Å². The van der Waals surface area contributed by atoms with E-state index >= 15 is 0 Å². The number of hydrogen-bond acceptors (Lipinski definition) is 4. The largest absolute Gasteiger partial charge is 0.493 e. The summed E-state index contributed by atoms with van der Waals surface area (Å²) >= 11 is 1.62. The van der Waals surface area contributed by atoms with Crippen LogP contribution in [-0.4, -0.2) is 17.5 Å². The van der Waals surface area contributed by atoms with Crippen LogP contribution in [0.3, 0.4) is 0 Å². The fraction of sp³-hybridized carbons (Fsp3) is 0.185. The molecule has 0 aliphatic carbocycles. The molecule has 4 rings (SSSR count). The summed E-state index contributed by atoms with van der Waals surface area (Å²) in [7, 11) is 0. The molecule has 0 aliphatic heterocycles. The normalized spacial score (nSPS) is 10.8. The molecule has 5 heteroatoms. The number of benzene rings is 3. The summed E-state index contributed by atoms with van der Waals surface area (Å²) in [4.78, 5) is 17.3. The van der Waals surface area contributed by atoms with Crippen molar-refractivity contribution < 1.29 is 9.53 Å². The topological polar surface area (TPSA) is 51.2 Å². The zero-order valence-electron chi connectivity index (χ0n) is 18.2. The molecule has 32 heavy (non-hydrogen) atoms. The second-order valence-corrected chi connectivity index (χ2v) is 8.87. The minimum atomic E-state index is -0.105. The molecule has 0 aliphatic rings. The van der Waals surface area contributed by atoms with Crippen molar-refractivity contribution in [3.8, 4) is 27.6 Å². The van der Waals surface area contributed by atoms with E-state index in [1.807, 2.05) is 42.5 Å². The van der Waals surface area contributed by atoms with Crippen molar-refractivity contribution in [1.29, 1.82) is 0 Å². The first-order valence-electron chi connectivity index (χ1n) is 10.7. The van der Waals surface area contributed by atoms with Gasteiger partial charge in [-0.2, -0.15) is 0 Å². The SMILES string of the molecule is CC(C)COc1ccc(C(=O)NCc2cccc(-c3nc(-c4ccccc4)cs3)c2)cc1. The van der Waals surface area contributed by atoms with Gasteiger partial charge in [0.25, 0.3) is 5.91 Å². The van der Waals surface area contributed by atoms with Crippen LogP contribution < -0.4 is 10.1 Å². The third-order valence-electron chi connectivity index (χ3n) is 4.90. The van der Waals surface area contributed by atoms with Crippen molar-refractivity contribution in [3.05, 3.63) is 95.4 Å². The van der Waals surface area contributed by atoms with Gasteiger partial charge in [-0.1, -0.05) is 62.4 Å². The molecule has 0 atom stereocenters. The number of nitrogens with zero attached hydrogens (tertiary/aromatic N) is 1. The van der Waals surface area contributed by atoms with E-state index in [1.165, 1.54) is 0 Å². The Balaban J connectivity index is 1.38. The molecule has 0 saturated heterocycles. The minimum absolute atomic E-state index is 0.105. The number of ether oxygens (including phenoxy) is 1. The van der Waals surface area contributed by atoms with Crippen LogP contribution in [0.25, 0.3) is 21.8 Å². The predicted octanol–water partition coefficient (Wildman–Crippen LogP) is 6.44. The minimum Gasteiger partial charge on any atom is -0.493 e. The smallest absolute Gasteiger partial charge is 0.251 e. The fourth-order valence-corrected chi connectivity index (χ4v) is 4.04. The first-order valence-corrected chi connectivity index (χ1v) is 11.6. The average Bonchev–Trinajstić information content (AvgIpc) is 3.33. The summed E-state index contributed by atoms with van der Waals surface area (Å²) in [6, 6.07) is 25.6. The third kappa shape index (κ3) is 5.62.